The van der Waals surface area contributed by atoms with Crippen LogP contribution in [0.2, 0.25) is 0 Å². The van der Waals surface area contributed by atoms with E-state index in [0.717, 1.165) is 31.2 Å². The van der Waals surface area contributed by atoms with Crippen LogP contribution in [0.3, 0.4) is 0 Å². The van der Waals surface area contributed by atoms with Gasteiger partial charge in [0.05, 0.1) is 5.60 Å². The summed E-state index contributed by atoms with van der Waals surface area (Å²) in [5, 5.41) is 25.5. The molecule has 1 aliphatic rings. The summed E-state index contributed by atoms with van der Waals surface area (Å²) in [6, 6.07) is 3.65. The van der Waals surface area contributed by atoms with Crippen molar-refractivity contribution >= 4 is 5.84 Å². The van der Waals surface area contributed by atoms with Gasteiger partial charge in [-0.25, -0.2) is 0 Å². The molecule has 0 bridgehead atoms. The fraction of sp³-hybridized carbons (Fsp3) is 0.600. The van der Waals surface area contributed by atoms with Crippen LogP contribution in [0.5, 0.6) is 0 Å². The Hall–Kier alpha value is -1.66. The van der Waals surface area contributed by atoms with Gasteiger partial charge in [-0.15, -0.1) is 0 Å². The van der Waals surface area contributed by atoms with E-state index >= 15 is 0 Å². The fourth-order valence-corrected chi connectivity index (χ4v) is 2.78. The van der Waals surface area contributed by atoms with E-state index in [1.165, 1.54) is 12.8 Å². The van der Waals surface area contributed by atoms with Crippen LogP contribution in [0.25, 0.3) is 0 Å². The summed E-state index contributed by atoms with van der Waals surface area (Å²) in [5.41, 5.74) is 6.38. The summed E-state index contributed by atoms with van der Waals surface area (Å²) in [5.74, 6) is -0.000698. The Labute approximate surface area is 125 Å². The number of oxime groups is 1. The molecule has 6 nitrogen and oxygen atoms in total. The van der Waals surface area contributed by atoms with E-state index in [4.69, 9.17) is 10.9 Å². The molecule has 2 rings (SSSR count). The van der Waals surface area contributed by atoms with Crippen molar-refractivity contribution in [1.29, 1.82) is 0 Å². The maximum Gasteiger partial charge on any atom is 0.188 e. The number of amidine groups is 1. The van der Waals surface area contributed by atoms with Gasteiger partial charge in [-0.05, 0) is 30.5 Å². The lowest BCUT2D eigenvalue weighted by molar-refractivity contribution is 0.0250. The number of hydrogen-bond acceptors (Lipinski definition) is 5. The van der Waals surface area contributed by atoms with E-state index < -0.39 is 5.60 Å². The van der Waals surface area contributed by atoms with Gasteiger partial charge in [0.25, 0.3) is 0 Å². The molecular formula is C15H24N4O2. The van der Waals surface area contributed by atoms with Crippen molar-refractivity contribution in [1.82, 2.24) is 10.3 Å². The maximum absolute atomic E-state index is 10.6. The third-order valence-corrected chi connectivity index (χ3v) is 4.01. The average molecular weight is 292 g/mol. The Bertz CT molecular complexity index is 482. The molecule has 0 amide bonds. The summed E-state index contributed by atoms with van der Waals surface area (Å²) in [6.07, 6.45) is 8.00. The first-order valence-electron chi connectivity index (χ1n) is 7.49. The molecule has 1 saturated carbocycles. The highest BCUT2D eigenvalue weighted by molar-refractivity contribution is 5.95. The number of rotatable bonds is 5. The third-order valence-electron chi connectivity index (χ3n) is 4.01. The standard InChI is InChI=1S/C15H24N4O2/c16-14(19-21)13-9-12(5-8-18-13)10-17-11-15(20)6-3-1-2-4-7-15/h5,8-9,17,20-21H,1-4,6-7,10-11H2,(H2,16,19). The van der Waals surface area contributed by atoms with Gasteiger partial charge in [0.2, 0.25) is 0 Å². The number of nitrogens with two attached hydrogens (primary N) is 1. The van der Waals surface area contributed by atoms with Gasteiger partial charge in [-0.3, -0.25) is 4.98 Å². The Morgan fingerprint density at radius 1 is 1.33 bits per heavy atom. The molecular weight excluding hydrogens is 268 g/mol. The van der Waals surface area contributed by atoms with Crippen LogP contribution in [-0.2, 0) is 6.54 Å². The first kappa shape index (κ1) is 15.7. The second-order valence-corrected chi connectivity index (χ2v) is 5.78. The van der Waals surface area contributed by atoms with Crippen LogP contribution < -0.4 is 11.1 Å². The lowest BCUT2D eigenvalue weighted by atomic mass is 9.94. The van der Waals surface area contributed by atoms with Crippen molar-refractivity contribution in [2.75, 3.05) is 6.54 Å². The van der Waals surface area contributed by atoms with Gasteiger partial charge in [0.15, 0.2) is 5.84 Å². The third kappa shape index (κ3) is 4.68. The summed E-state index contributed by atoms with van der Waals surface area (Å²) < 4.78 is 0. The molecule has 0 unspecified atom stereocenters. The Morgan fingerprint density at radius 3 is 2.71 bits per heavy atom. The SMILES string of the molecule is NC(=NO)c1cc(CNCC2(O)CCCCCC2)ccn1. The molecule has 0 saturated heterocycles. The number of nitrogens with one attached hydrogen (secondary N) is 1. The topological polar surface area (TPSA) is 104 Å². The number of hydrogen-bond donors (Lipinski definition) is 4. The second kappa shape index (κ2) is 7.38. The highest BCUT2D eigenvalue weighted by Gasteiger charge is 2.27. The van der Waals surface area contributed by atoms with Crippen LogP contribution in [-0.4, -0.2) is 33.3 Å². The number of aromatic nitrogens is 1. The van der Waals surface area contributed by atoms with Gasteiger partial charge < -0.3 is 21.4 Å². The predicted molar refractivity (Wildman–Crippen MR) is 81.1 cm³/mol. The molecule has 1 heterocycles. The minimum atomic E-state index is -0.585. The lowest BCUT2D eigenvalue weighted by Gasteiger charge is -2.27. The molecule has 0 radical (unpaired) electrons. The van der Waals surface area contributed by atoms with Crippen molar-refractivity contribution in [3.63, 3.8) is 0 Å². The molecule has 116 valence electrons. The van der Waals surface area contributed by atoms with Crippen molar-refractivity contribution < 1.29 is 10.3 Å². The van der Waals surface area contributed by atoms with Gasteiger partial charge in [-0.1, -0.05) is 30.8 Å². The zero-order valence-corrected chi connectivity index (χ0v) is 12.3. The minimum absolute atomic E-state index is 0.000698. The second-order valence-electron chi connectivity index (χ2n) is 5.78. The first-order valence-corrected chi connectivity index (χ1v) is 7.49. The van der Waals surface area contributed by atoms with Crippen LogP contribution in [0, 0.1) is 0 Å². The normalized spacial score (nSPS) is 19.2. The van der Waals surface area contributed by atoms with E-state index in [1.54, 1.807) is 12.3 Å². The summed E-state index contributed by atoms with van der Waals surface area (Å²) >= 11 is 0. The molecule has 0 aromatic carbocycles. The lowest BCUT2D eigenvalue weighted by Crippen LogP contribution is -2.39. The summed E-state index contributed by atoms with van der Waals surface area (Å²) in [7, 11) is 0. The van der Waals surface area contributed by atoms with Crippen LogP contribution >= 0.6 is 0 Å². The van der Waals surface area contributed by atoms with E-state index in [2.05, 4.69) is 15.5 Å². The molecule has 0 spiro atoms. The summed E-state index contributed by atoms with van der Waals surface area (Å²) in [4.78, 5) is 4.04. The van der Waals surface area contributed by atoms with Crippen LogP contribution in [0.15, 0.2) is 23.5 Å². The summed E-state index contributed by atoms with van der Waals surface area (Å²) in [6.45, 7) is 1.21. The van der Waals surface area contributed by atoms with E-state index in [1.807, 2.05) is 6.07 Å². The van der Waals surface area contributed by atoms with Gasteiger partial charge >= 0.3 is 0 Å². The Kier molecular flexibility index (Phi) is 5.52. The monoisotopic (exact) mass is 292 g/mol. The molecule has 5 N–H and O–H groups in total. The molecule has 1 aliphatic carbocycles. The minimum Gasteiger partial charge on any atom is -0.409 e. The molecule has 0 atom stereocenters. The van der Waals surface area contributed by atoms with Crippen molar-refractivity contribution in [3.8, 4) is 0 Å². The first-order chi connectivity index (χ1) is 10.1. The van der Waals surface area contributed by atoms with E-state index in [-0.39, 0.29) is 5.84 Å². The zero-order chi connectivity index (χ0) is 15.1. The maximum atomic E-state index is 10.6. The average Bonchev–Trinajstić information content (AvgIpc) is 2.72. The number of pyridine rings is 1. The Balaban J connectivity index is 1.88. The van der Waals surface area contributed by atoms with Gasteiger partial charge in [0.1, 0.15) is 5.69 Å². The quantitative estimate of drug-likeness (QED) is 0.216. The number of aliphatic hydroxyl groups is 1. The zero-order valence-electron chi connectivity index (χ0n) is 12.3. The van der Waals surface area contributed by atoms with Crippen LogP contribution in [0.4, 0.5) is 0 Å². The van der Waals surface area contributed by atoms with Crippen molar-refractivity contribution in [2.24, 2.45) is 10.9 Å². The highest BCUT2D eigenvalue weighted by Crippen LogP contribution is 2.26. The fourth-order valence-electron chi connectivity index (χ4n) is 2.78. The largest absolute Gasteiger partial charge is 0.409 e. The smallest absolute Gasteiger partial charge is 0.188 e. The van der Waals surface area contributed by atoms with Gasteiger partial charge in [0, 0.05) is 19.3 Å². The molecule has 1 aromatic rings. The van der Waals surface area contributed by atoms with Crippen molar-refractivity contribution in [2.45, 2.75) is 50.7 Å². The van der Waals surface area contributed by atoms with Crippen LogP contribution in [0.1, 0.15) is 49.8 Å². The van der Waals surface area contributed by atoms with Gasteiger partial charge in [-0.2, -0.15) is 0 Å². The predicted octanol–water partition coefficient (Wildman–Crippen LogP) is 1.35. The molecule has 1 aromatic heterocycles. The molecule has 21 heavy (non-hydrogen) atoms. The molecule has 1 fully saturated rings. The molecule has 0 aliphatic heterocycles. The Morgan fingerprint density at radius 2 is 2.05 bits per heavy atom. The van der Waals surface area contributed by atoms with Crippen molar-refractivity contribution in [3.05, 3.63) is 29.6 Å². The van der Waals surface area contributed by atoms with E-state index in [9.17, 15) is 5.11 Å². The van der Waals surface area contributed by atoms with E-state index in [0.29, 0.717) is 18.8 Å². The highest BCUT2D eigenvalue weighted by atomic mass is 16.4. The number of nitrogens with zero attached hydrogens (tertiary/aromatic N) is 2. The molecule has 6 heteroatoms.